The van der Waals surface area contributed by atoms with Crippen molar-refractivity contribution in [2.24, 2.45) is 0 Å². The van der Waals surface area contributed by atoms with Crippen molar-refractivity contribution in [1.29, 1.82) is 0 Å². The zero-order valence-electron chi connectivity index (χ0n) is 9.03. The van der Waals surface area contributed by atoms with Crippen molar-refractivity contribution < 1.29 is 14.3 Å². The van der Waals surface area contributed by atoms with Gasteiger partial charge in [-0.2, -0.15) is 0 Å². The Kier molecular flexibility index (Phi) is 3.10. The highest BCUT2D eigenvalue weighted by Crippen LogP contribution is 2.28. The largest absolute Gasteiger partial charge is 0.485 e. The van der Waals surface area contributed by atoms with Crippen LogP contribution < -0.4 is 10.1 Å². The van der Waals surface area contributed by atoms with Crippen molar-refractivity contribution in [2.75, 3.05) is 18.5 Å². The third-order valence-electron chi connectivity index (χ3n) is 2.14. The predicted molar refractivity (Wildman–Crippen MR) is 60.3 cm³/mol. The third-order valence-corrected chi connectivity index (χ3v) is 2.14. The summed E-state index contributed by atoms with van der Waals surface area (Å²) in [5.41, 5.74) is 1.57. The minimum atomic E-state index is -0.354. The van der Waals surface area contributed by atoms with Gasteiger partial charge >= 0.3 is 5.97 Å². The number of nitrogens with one attached hydrogen (secondary N) is 1. The summed E-state index contributed by atoms with van der Waals surface area (Å²) in [5, 5.41) is 3.12. The Bertz CT molecular complexity index is 426. The summed E-state index contributed by atoms with van der Waals surface area (Å²) in [6.07, 6.45) is 1.42. The molecule has 0 radical (unpaired) electrons. The molecule has 4 heteroatoms. The number of hydrogen-bond donors (Lipinski definition) is 1. The molecule has 4 nitrogen and oxygen atoms in total. The van der Waals surface area contributed by atoms with E-state index in [2.05, 4.69) is 5.32 Å². The van der Waals surface area contributed by atoms with Crippen molar-refractivity contribution >= 4 is 11.7 Å². The monoisotopic (exact) mass is 219 g/mol. The van der Waals surface area contributed by atoms with Gasteiger partial charge in [0.1, 0.15) is 12.4 Å². The Morgan fingerprint density at radius 2 is 2.38 bits per heavy atom. The van der Waals surface area contributed by atoms with Gasteiger partial charge in [-0.1, -0.05) is 12.1 Å². The quantitative estimate of drug-likeness (QED) is 0.610. The van der Waals surface area contributed by atoms with E-state index >= 15 is 0 Å². The number of carbonyl (C=O) groups excluding carboxylic acids is 1. The maximum Gasteiger partial charge on any atom is 0.332 e. The van der Waals surface area contributed by atoms with E-state index in [0.29, 0.717) is 18.9 Å². The molecule has 1 aromatic carbocycles. The lowest BCUT2D eigenvalue weighted by Gasteiger charge is -2.21. The minimum Gasteiger partial charge on any atom is -0.485 e. The number of benzene rings is 1. The van der Waals surface area contributed by atoms with Crippen molar-refractivity contribution in [1.82, 2.24) is 0 Å². The molecule has 1 N–H and O–H groups in total. The van der Waals surface area contributed by atoms with Gasteiger partial charge in [-0.05, 0) is 19.1 Å². The molecule has 1 aliphatic heterocycles. The lowest BCUT2D eigenvalue weighted by atomic mass is 10.2. The number of anilines is 1. The molecule has 0 spiro atoms. The second-order valence-electron chi connectivity index (χ2n) is 3.33. The normalized spacial score (nSPS) is 15.9. The maximum atomic E-state index is 11.2. The SMILES string of the molecule is CCOC(=O)/C=C1\COc2ccccc2N1. The Labute approximate surface area is 93.9 Å². The second kappa shape index (κ2) is 4.70. The molecular formula is C12H13NO3. The Morgan fingerprint density at radius 1 is 1.56 bits per heavy atom. The van der Waals surface area contributed by atoms with Gasteiger partial charge in [-0.25, -0.2) is 4.79 Å². The van der Waals surface area contributed by atoms with Crippen LogP contribution in [0.1, 0.15) is 6.92 Å². The lowest BCUT2D eigenvalue weighted by Crippen LogP contribution is -2.18. The van der Waals surface area contributed by atoms with Gasteiger partial charge in [-0.15, -0.1) is 0 Å². The molecule has 1 heterocycles. The average Bonchev–Trinajstić information content (AvgIpc) is 2.29. The summed E-state index contributed by atoms with van der Waals surface area (Å²) < 4.78 is 10.3. The van der Waals surface area contributed by atoms with E-state index in [1.54, 1.807) is 6.92 Å². The zero-order chi connectivity index (χ0) is 11.4. The van der Waals surface area contributed by atoms with Gasteiger partial charge in [0.15, 0.2) is 0 Å². The third kappa shape index (κ3) is 2.34. The van der Waals surface area contributed by atoms with Crippen LogP contribution in [0, 0.1) is 0 Å². The smallest absolute Gasteiger partial charge is 0.332 e. The second-order valence-corrected chi connectivity index (χ2v) is 3.33. The van der Waals surface area contributed by atoms with Crippen LogP contribution in [-0.2, 0) is 9.53 Å². The van der Waals surface area contributed by atoms with Gasteiger partial charge in [0.25, 0.3) is 0 Å². The van der Waals surface area contributed by atoms with Crippen LogP contribution in [0.5, 0.6) is 5.75 Å². The molecule has 84 valence electrons. The van der Waals surface area contributed by atoms with Crippen molar-refractivity contribution in [3.8, 4) is 5.75 Å². The maximum absolute atomic E-state index is 11.2. The fourth-order valence-corrected chi connectivity index (χ4v) is 1.46. The molecule has 2 rings (SSSR count). The number of esters is 1. The van der Waals surface area contributed by atoms with Crippen molar-refractivity contribution in [2.45, 2.75) is 6.92 Å². The standard InChI is InChI=1S/C12H13NO3/c1-2-15-12(14)7-9-8-16-11-6-4-3-5-10(11)13-9/h3-7,13H,2,8H2,1H3/b9-7+. The molecule has 0 bridgehead atoms. The van der Waals surface area contributed by atoms with Crippen LogP contribution in [0.15, 0.2) is 36.0 Å². The summed E-state index contributed by atoms with van der Waals surface area (Å²) in [6.45, 7) is 2.51. The van der Waals surface area contributed by atoms with Gasteiger partial charge in [0, 0.05) is 6.08 Å². The van der Waals surface area contributed by atoms with E-state index in [1.165, 1.54) is 6.08 Å². The Morgan fingerprint density at radius 3 is 3.19 bits per heavy atom. The summed E-state index contributed by atoms with van der Waals surface area (Å²) in [4.78, 5) is 11.2. The van der Waals surface area contributed by atoms with Crippen molar-refractivity contribution in [3.63, 3.8) is 0 Å². The fourth-order valence-electron chi connectivity index (χ4n) is 1.46. The van der Waals surface area contributed by atoms with Crippen LogP contribution in [0.2, 0.25) is 0 Å². The van der Waals surface area contributed by atoms with Crippen LogP contribution in [0.4, 0.5) is 5.69 Å². The first-order chi connectivity index (χ1) is 7.79. The molecule has 0 aliphatic carbocycles. The number of hydrogen-bond acceptors (Lipinski definition) is 4. The number of carbonyl (C=O) groups is 1. The first kappa shape index (κ1) is 10.5. The Hall–Kier alpha value is -1.97. The molecule has 0 unspecified atom stereocenters. The van der Waals surface area contributed by atoms with Crippen LogP contribution in [0.3, 0.4) is 0 Å². The predicted octanol–water partition coefficient (Wildman–Crippen LogP) is 1.94. The van der Waals surface area contributed by atoms with Crippen LogP contribution >= 0.6 is 0 Å². The molecule has 0 saturated heterocycles. The van der Waals surface area contributed by atoms with E-state index in [4.69, 9.17) is 9.47 Å². The highest BCUT2D eigenvalue weighted by atomic mass is 16.5. The van der Waals surface area contributed by atoms with E-state index in [-0.39, 0.29) is 5.97 Å². The molecule has 0 saturated carbocycles. The molecule has 1 aromatic rings. The Balaban J connectivity index is 2.10. The van der Waals surface area contributed by atoms with Crippen LogP contribution in [-0.4, -0.2) is 19.2 Å². The first-order valence-electron chi connectivity index (χ1n) is 5.16. The summed E-state index contributed by atoms with van der Waals surface area (Å²) in [6, 6.07) is 7.58. The summed E-state index contributed by atoms with van der Waals surface area (Å²) >= 11 is 0. The number of para-hydroxylation sites is 2. The lowest BCUT2D eigenvalue weighted by molar-refractivity contribution is -0.137. The molecule has 0 fully saturated rings. The highest BCUT2D eigenvalue weighted by molar-refractivity contribution is 5.84. The summed E-state index contributed by atoms with van der Waals surface area (Å²) in [5.74, 6) is 0.441. The molecule has 0 amide bonds. The fraction of sp³-hybridized carbons (Fsp3) is 0.250. The van der Waals surface area contributed by atoms with Crippen LogP contribution in [0.25, 0.3) is 0 Å². The van der Waals surface area contributed by atoms with Gasteiger partial charge in [-0.3, -0.25) is 0 Å². The number of rotatable bonds is 2. The van der Waals surface area contributed by atoms with E-state index in [1.807, 2.05) is 24.3 Å². The zero-order valence-corrected chi connectivity index (χ0v) is 9.03. The van der Waals surface area contributed by atoms with E-state index in [0.717, 1.165) is 11.4 Å². The first-order valence-corrected chi connectivity index (χ1v) is 5.16. The van der Waals surface area contributed by atoms with Gasteiger partial charge in [0.2, 0.25) is 0 Å². The van der Waals surface area contributed by atoms with E-state index < -0.39 is 0 Å². The van der Waals surface area contributed by atoms with Crippen molar-refractivity contribution in [3.05, 3.63) is 36.0 Å². The topological polar surface area (TPSA) is 47.6 Å². The number of ether oxygens (including phenoxy) is 2. The molecule has 0 atom stereocenters. The van der Waals surface area contributed by atoms with Gasteiger partial charge < -0.3 is 14.8 Å². The van der Waals surface area contributed by atoms with E-state index in [9.17, 15) is 4.79 Å². The molecule has 16 heavy (non-hydrogen) atoms. The minimum absolute atomic E-state index is 0.354. The summed E-state index contributed by atoms with van der Waals surface area (Å²) in [7, 11) is 0. The average molecular weight is 219 g/mol. The van der Waals surface area contributed by atoms with Gasteiger partial charge in [0.05, 0.1) is 18.0 Å². The molecule has 0 aromatic heterocycles. The molecule has 1 aliphatic rings. The molecular weight excluding hydrogens is 206 g/mol. The number of fused-ring (bicyclic) bond motifs is 1. The highest BCUT2D eigenvalue weighted by Gasteiger charge is 2.13.